The molecule has 0 spiro atoms. The second-order valence-corrected chi connectivity index (χ2v) is 5.13. The lowest BCUT2D eigenvalue weighted by atomic mass is 10.2. The van der Waals surface area contributed by atoms with Gasteiger partial charge in [0.1, 0.15) is 5.82 Å². The fraction of sp³-hybridized carbons (Fsp3) is 0.692. The molecule has 0 unspecified atom stereocenters. The van der Waals surface area contributed by atoms with Crippen LogP contribution < -0.4 is 5.32 Å². The second kappa shape index (κ2) is 5.30. The van der Waals surface area contributed by atoms with E-state index in [4.69, 9.17) is 4.74 Å². The minimum atomic E-state index is 0.152. The molecule has 6 heteroatoms. The number of imidazole rings is 1. The SMILES string of the molecule is C[C@@H]1NCCn2cc(CC(=O)N3CCOCC3)nc21. The van der Waals surface area contributed by atoms with Gasteiger partial charge in [-0.1, -0.05) is 0 Å². The van der Waals surface area contributed by atoms with E-state index >= 15 is 0 Å². The van der Waals surface area contributed by atoms with Gasteiger partial charge in [0.05, 0.1) is 31.4 Å². The molecule has 1 amide bonds. The average Bonchev–Trinajstić information content (AvgIpc) is 2.84. The number of ether oxygens (including phenoxy) is 1. The molecule has 2 aliphatic heterocycles. The summed E-state index contributed by atoms with van der Waals surface area (Å²) in [5, 5.41) is 3.37. The third kappa shape index (κ3) is 2.64. The number of carbonyl (C=O) groups is 1. The Labute approximate surface area is 112 Å². The van der Waals surface area contributed by atoms with E-state index in [1.54, 1.807) is 0 Å². The van der Waals surface area contributed by atoms with Crippen molar-refractivity contribution in [3.8, 4) is 0 Å². The minimum Gasteiger partial charge on any atom is -0.378 e. The van der Waals surface area contributed by atoms with Gasteiger partial charge >= 0.3 is 0 Å². The first-order valence-corrected chi connectivity index (χ1v) is 6.89. The van der Waals surface area contributed by atoms with Crippen LogP contribution in [0.5, 0.6) is 0 Å². The molecule has 19 heavy (non-hydrogen) atoms. The van der Waals surface area contributed by atoms with Crippen LogP contribution in [0.1, 0.15) is 24.5 Å². The Bertz CT molecular complexity index is 465. The molecule has 1 N–H and O–H groups in total. The molecule has 1 aromatic heterocycles. The molecule has 0 bridgehead atoms. The van der Waals surface area contributed by atoms with Gasteiger partial charge < -0.3 is 19.5 Å². The van der Waals surface area contributed by atoms with Crippen molar-refractivity contribution in [3.63, 3.8) is 0 Å². The monoisotopic (exact) mass is 264 g/mol. The molecule has 0 aliphatic carbocycles. The summed E-state index contributed by atoms with van der Waals surface area (Å²) in [6.45, 7) is 6.68. The zero-order valence-electron chi connectivity index (χ0n) is 11.3. The number of fused-ring (bicyclic) bond motifs is 1. The van der Waals surface area contributed by atoms with Gasteiger partial charge in [-0.3, -0.25) is 4.79 Å². The van der Waals surface area contributed by atoms with Crippen LogP contribution in [0.3, 0.4) is 0 Å². The van der Waals surface area contributed by atoms with Crippen molar-refractivity contribution < 1.29 is 9.53 Å². The number of rotatable bonds is 2. The summed E-state index contributed by atoms with van der Waals surface area (Å²) < 4.78 is 7.41. The van der Waals surface area contributed by atoms with E-state index in [2.05, 4.69) is 21.8 Å². The number of aromatic nitrogens is 2. The maximum absolute atomic E-state index is 12.2. The quantitative estimate of drug-likeness (QED) is 0.813. The Hall–Kier alpha value is -1.40. The molecular weight excluding hydrogens is 244 g/mol. The predicted octanol–water partition coefficient (Wildman–Crippen LogP) is -0.0514. The van der Waals surface area contributed by atoms with Crippen LogP contribution in [0.4, 0.5) is 0 Å². The fourth-order valence-electron chi connectivity index (χ4n) is 2.67. The summed E-state index contributed by atoms with van der Waals surface area (Å²) >= 11 is 0. The smallest absolute Gasteiger partial charge is 0.228 e. The maximum atomic E-state index is 12.2. The Balaban J connectivity index is 1.68. The third-order valence-corrected chi connectivity index (χ3v) is 3.74. The van der Waals surface area contributed by atoms with Crippen molar-refractivity contribution in [3.05, 3.63) is 17.7 Å². The first-order valence-electron chi connectivity index (χ1n) is 6.89. The predicted molar refractivity (Wildman–Crippen MR) is 69.7 cm³/mol. The van der Waals surface area contributed by atoms with Gasteiger partial charge in [0.15, 0.2) is 0 Å². The molecule has 6 nitrogen and oxygen atoms in total. The third-order valence-electron chi connectivity index (χ3n) is 3.74. The van der Waals surface area contributed by atoms with Gasteiger partial charge in [-0.15, -0.1) is 0 Å². The van der Waals surface area contributed by atoms with Gasteiger partial charge in [-0.2, -0.15) is 0 Å². The lowest BCUT2D eigenvalue weighted by Gasteiger charge is -2.26. The van der Waals surface area contributed by atoms with Crippen LogP contribution in [0.15, 0.2) is 6.20 Å². The summed E-state index contributed by atoms with van der Waals surface area (Å²) in [5.74, 6) is 1.19. The van der Waals surface area contributed by atoms with E-state index in [9.17, 15) is 4.79 Å². The zero-order chi connectivity index (χ0) is 13.2. The summed E-state index contributed by atoms with van der Waals surface area (Å²) in [6.07, 6.45) is 2.41. The highest BCUT2D eigenvalue weighted by Gasteiger charge is 2.22. The van der Waals surface area contributed by atoms with E-state index in [0.717, 1.165) is 24.6 Å². The van der Waals surface area contributed by atoms with Gasteiger partial charge in [0.25, 0.3) is 0 Å². The Morgan fingerprint density at radius 2 is 2.26 bits per heavy atom. The molecule has 2 aliphatic rings. The fourth-order valence-corrected chi connectivity index (χ4v) is 2.67. The first-order chi connectivity index (χ1) is 9.24. The molecule has 0 aromatic carbocycles. The van der Waals surface area contributed by atoms with Crippen molar-refractivity contribution in [2.24, 2.45) is 0 Å². The summed E-state index contributed by atoms with van der Waals surface area (Å²) in [7, 11) is 0. The Kier molecular flexibility index (Phi) is 3.52. The highest BCUT2D eigenvalue weighted by atomic mass is 16.5. The number of nitrogens with zero attached hydrogens (tertiary/aromatic N) is 3. The Morgan fingerprint density at radius 3 is 3.00 bits per heavy atom. The normalized spacial score (nSPS) is 23.2. The number of hydrogen-bond acceptors (Lipinski definition) is 4. The lowest BCUT2D eigenvalue weighted by Crippen LogP contribution is -2.41. The van der Waals surface area contributed by atoms with Crippen LogP contribution in [-0.4, -0.2) is 53.2 Å². The van der Waals surface area contributed by atoms with E-state index in [1.807, 2.05) is 11.1 Å². The molecule has 1 fully saturated rings. The van der Waals surface area contributed by atoms with Gasteiger partial charge in [-0.05, 0) is 6.92 Å². The van der Waals surface area contributed by atoms with E-state index in [0.29, 0.717) is 32.7 Å². The van der Waals surface area contributed by atoms with Crippen molar-refractivity contribution in [2.75, 3.05) is 32.8 Å². The molecule has 3 heterocycles. The molecular formula is C13H20N4O2. The molecule has 3 rings (SSSR count). The highest BCUT2D eigenvalue weighted by Crippen LogP contribution is 2.16. The molecule has 1 aromatic rings. The largest absolute Gasteiger partial charge is 0.378 e. The lowest BCUT2D eigenvalue weighted by molar-refractivity contribution is -0.134. The van der Waals surface area contributed by atoms with Crippen molar-refractivity contribution in [1.82, 2.24) is 19.8 Å². The molecule has 1 saturated heterocycles. The highest BCUT2D eigenvalue weighted by molar-refractivity contribution is 5.78. The van der Waals surface area contributed by atoms with Gasteiger partial charge in [0.2, 0.25) is 5.91 Å². The standard InChI is InChI=1S/C13H20N4O2/c1-10-13-15-11(9-17(13)3-2-14-10)8-12(18)16-4-6-19-7-5-16/h9-10,14H,2-8H2,1H3/t10-/m0/s1. The van der Waals surface area contributed by atoms with E-state index in [1.165, 1.54) is 0 Å². The molecule has 0 saturated carbocycles. The average molecular weight is 264 g/mol. The van der Waals surface area contributed by atoms with E-state index < -0.39 is 0 Å². The summed E-state index contributed by atoms with van der Waals surface area (Å²) in [5.41, 5.74) is 0.877. The second-order valence-electron chi connectivity index (χ2n) is 5.13. The molecule has 104 valence electrons. The minimum absolute atomic E-state index is 0.152. The number of amides is 1. The maximum Gasteiger partial charge on any atom is 0.228 e. The van der Waals surface area contributed by atoms with Gasteiger partial charge in [-0.25, -0.2) is 4.98 Å². The Morgan fingerprint density at radius 1 is 1.47 bits per heavy atom. The van der Waals surface area contributed by atoms with Crippen LogP contribution in [0.25, 0.3) is 0 Å². The summed E-state index contributed by atoms with van der Waals surface area (Å²) in [4.78, 5) is 18.6. The van der Waals surface area contributed by atoms with Crippen molar-refractivity contribution in [1.29, 1.82) is 0 Å². The number of nitrogens with one attached hydrogen (secondary N) is 1. The van der Waals surface area contributed by atoms with E-state index in [-0.39, 0.29) is 11.9 Å². The molecule has 0 radical (unpaired) electrons. The van der Waals surface area contributed by atoms with Gasteiger partial charge in [0, 0.05) is 32.4 Å². The van der Waals surface area contributed by atoms with Crippen molar-refractivity contribution in [2.45, 2.75) is 25.9 Å². The van der Waals surface area contributed by atoms with Crippen LogP contribution >= 0.6 is 0 Å². The number of morpholine rings is 1. The van der Waals surface area contributed by atoms with Crippen LogP contribution in [-0.2, 0) is 22.5 Å². The number of hydrogen-bond donors (Lipinski definition) is 1. The first kappa shape index (κ1) is 12.6. The zero-order valence-corrected chi connectivity index (χ0v) is 11.3. The van der Waals surface area contributed by atoms with Crippen molar-refractivity contribution >= 4 is 5.91 Å². The summed E-state index contributed by atoms with van der Waals surface area (Å²) in [6, 6.07) is 0.265. The molecule has 1 atom stereocenters. The van der Waals surface area contributed by atoms with Crippen LogP contribution in [0.2, 0.25) is 0 Å². The van der Waals surface area contributed by atoms with Crippen LogP contribution in [0, 0.1) is 0 Å². The number of carbonyl (C=O) groups excluding carboxylic acids is 1. The topological polar surface area (TPSA) is 59.4 Å².